The van der Waals surface area contributed by atoms with E-state index in [1.165, 1.54) is 0 Å². The minimum atomic E-state index is -1.09. The molecule has 3 aromatic rings. The Balaban J connectivity index is 1.56. The number of hydrogen-bond donors (Lipinski definition) is 3. The molecule has 7 heteroatoms. The third-order valence-corrected chi connectivity index (χ3v) is 5.55. The minimum Gasteiger partial charge on any atom is -0.480 e. The van der Waals surface area contributed by atoms with Crippen molar-refractivity contribution in [3.8, 4) is 0 Å². The van der Waals surface area contributed by atoms with Gasteiger partial charge in [-0.2, -0.15) is 0 Å². The van der Waals surface area contributed by atoms with Gasteiger partial charge < -0.3 is 15.4 Å². The molecule has 150 valence electrons. The highest BCUT2D eigenvalue weighted by Gasteiger charge is 2.23. The highest BCUT2D eigenvalue weighted by molar-refractivity contribution is 5.99. The van der Waals surface area contributed by atoms with Crippen LogP contribution in [-0.2, 0) is 11.2 Å². The van der Waals surface area contributed by atoms with Gasteiger partial charge in [0.05, 0.1) is 11.0 Å². The van der Waals surface area contributed by atoms with Crippen molar-refractivity contribution >= 4 is 22.9 Å². The lowest BCUT2D eigenvalue weighted by Gasteiger charge is -2.15. The molecule has 1 aromatic heterocycles. The normalized spacial score (nSPS) is 15.4. The maximum atomic E-state index is 12.7. The molecule has 1 heterocycles. The molecule has 2 aromatic carbocycles. The van der Waals surface area contributed by atoms with Crippen molar-refractivity contribution < 1.29 is 14.7 Å². The number of hydrogen-bond acceptors (Lipinski definition) is 3. The summed E-state index contributed by atoms with van der Waals surface area (Å²) < 4.78 is 1.78. The summed E-state index contributed by atoms with van der Waals surface area (Å²) in [6.45, 7) is 0. The number of amides is 1. The fourth-order valence-electron chi connectivity index (χ4n) is 4.09. The van der Waals surface area contributed by atoms with Crippen LogP contribution in [0, 0.1) is 0 Å². The minimum absolute atomic E-state index is 0.169. The summed E-state index contributed by atoms with van der Waals surface area (Å²) in [5, 5.41) is 12.1. The molecule has 0 aliphatic heterocycles. The first-order chi connectivity index (χ1) is 14.0. The van der Waals surface area contributed by atoms with Crippen molar-refractivity contribution in [2.24, 2.45) is 0 Å². The molecule has 1 aliphatic carbocycles. The molecule has 29 heavy (non-hydrogen) atoms. The van der Waals surface area contributed by atoms with Gasteiger partial charge in [0, 0.05) is 18.0 Å². The van der Waals surface area contributed by atoms with Gasteiger partial charge in [-0.25, -0.2) is 9.59 Å². The number of imidazole rings is 1. The van der Waals surface area contributed by atoms with Crippen LogP contribution >= 0.6 is 0 Å². The summed E-state index contributed by atoms with van der Waals surface area (Å²) >= 11 is 0. The Kier molecular flexibility index (Phi) is 5.20. The number of carboxylic acids is 1. The summed E-state index contributed by atoms with van der Waals surface area (Å²) in [5.41, 5.74) is 2.34. The molecule has 0 unspecified atom stereocenters. The highest BCUT2D eigenvalue weighted by atomic mass is 16.4. The SMILES string of the molecule is O=C(N[C@@H](Cc1ccccc1)C(=O)O)c1ccc2c(c1)[nH]c(=O)n2C1CCCC1. The second kappa shape index (κ2) is 7.95. The predicted octanol–water partition coefficient (Wildman–Crippen LogP) is 2.87. The molecular formula is C22H23N3O4. The molecule has 0 bridgehead atoms. The molecule has 3 N–H and O–H groups in total. The van der Waals surface area contributed by atoms with Gasteiger partial charge in [-0.3, -0.25) is 9.36 Å². The number of aromatic amines is 1. The van der Waals surface area contributed by atoms with Gasteiger partial charge in [-0.1, -0.05) is 43.2 Å². The Labute approximate surface area is 167 Å². The van der Waals surface area contributed by atoms with Crippen LogP contribution in [0.3, 0.4) is 0 Å². The van der Waals surface area contributed by atoms with Crippen molar-refractivity contribution in [1.82, 2.24) is 14.9 Å². The van der Waals surface area contributed by atoms with E-state index in [-0.39, 0.29) is 18.2 Å². The molecule has 1 atom stereocenters. The number of carboxylic acid groups (broad SMARTS) is 1. The van der Waals surface area contributed by atoms with Crippen LogP contribution in [0.15, 0.2) is 53.3 Å². The summed E-state index contributed by atoms with van der Waals surface area (Å²) in [4.78, 5) is 39.5. The second-order valence-electron chi connectivity index (χ2n) is 7.52. The molecule has 0 radical (unpaired) electrons. The molecular weight excluding hydrogens is 370 g/mol. The van der Waals surface area contributed by atoms with E-state index < -0.39 is 17.9 Å². The van der Waals surface area contributed by atoms with Crippen LogP contribution in [-0.4, -0.2) is 32.6 Å². The van der Waals surface area contributed by atoms with Gasteiger partial charge in [0.25, 0.3) is 5.91 Å². The van der Waals surface area contributed by atoms with Crippen molar-refractivity contribution in [3.05, 3.63) is 70.1 Å². The van der Waals surface area contributed by atoms with E-state index in [2.05, 4.69) is 10.3 Å². The van der Waals surface area contributed by atoms with Crippen LogP contribution in [0.5, 0.6) is 0 Å². The van der Waals surface area contributed by atoms with Crippen LogP contribution in [0.2, 0.25) is 0 Å². The number of nitrogens with zero attached hydrogens (tertiary/aromatic N) is 1. The first-order valence-corrected chi connectivity index (χ1v) is 9.85. The predicted molar refractivity (Wildman–Crippen MR) is 109 cm³/mol. The smallest absolute Gasteiger partial charge is 0.326 e. The zero-order valence-corrected chi connectivity index (χ0v) is 15.9. The van der Waals surface area contributed by atoms with Crippen molar-refractivity contribution in [3.63, 3.8) is 0 Å². The fourth-order valence-corrected chi connectivity index (χ4v) is 4.09. The van der Waals surface area contributed by atoms with Gasteiger partial charge in [-0.15, -0.1) is 0 Å². The molecule has 4 rings (SSSR count). The monoisotopic (exact) mass is 393 g/mol. The van der Waals surface area contributed by atoms with Gasteiger partial charge in [0.2, 0.25) is 0 Å². The van der Waals surface area contributed by atoms with Crippen molar-refractivity contribution in [2.45, 2.75) is 44.2 Å². The molecule has 0 saturated heterocycles. The van der Waals surface area contributed by atoms with Gasteiger partial charge >= 0.3 is 11.7 Å². The summed E-state index contributed by atoms with van der Waals surface area (Å²) in [6, 6.07) is 13.3. The number of aliphatic carboxylic acids is 1. The molecule has 7 nitrogen and oxygen atoms in total. The zero-order chi connectivity index (χ0) is 20.4. The van der Waals surface area contributed by atoms with E-state index in [1.807, 2.05) is 30.3 Å². The van der Waals surface area contributed by atoms with Crippen LogP contribution in [0.4, 0.5) is 0 Å². The maximum absolute atomic E-state index is 12.7. The lowest BCUT2D eigenvalue weighted by atomic mass is 10.1. The Morgan fingerprint density at radius 1 is 1.14 bits per heavy atom. The van der Waals surface area contributed by atoms with Crippen LogP contribution in [0.1, 0.15) is 47.6 Å². The van der Waals surface area contributed by atoms with Gasteiger partial charge in [0.1, 0.15) is 6.04 Å². The molecule has 1 aliphatic rings. The van der Waals surface area contributed by atoms with E-state index in [1.54, 1.807) is 22.8 Å². The van der Waals surface area contributed by atoms with Crippen molar-refractivity contribution in [2.75, 3.05) is 0 Å². The average molecular weight is 393 g/mol. The number of carbonyl (C=O) groups is 2. The van der Waals surface area contributed by atoms with E-state index in [9.17, 15) is 19.5 Å². The van der Waals surface area contributed by atoms with E-state index in [0.29, 0.717) is 11.1 Å². The fraction of sp³-hybridized carbons (Fsp3) is 0.318. The molecule has 0 spiro atoms. The number of fused-ring (bicyclic) bond motifs is 1. The first kappa shape index (κ1) is 19.0. The Hall–Kier alpha value is -3.35. The summed E-state index contributed by atoms with van der Waals surface area (Å²) in [7, 11) is 0. The van der Waals surface area contributed by atoms with E-state index in [4.69, 9.17) is 0 Å². The van der Waals surface area contributed by atoms with Gasteiger partial charge in [-0.05, 0) is 36.6 Å². The number of H-pyrrole nitrogens is 1. The van der Waals surface area contributed by atoms with E-state index >= 15 is 0 Å². The quantitative estimate of drug-likeness (QED) is 0.599. The zero-order valence-electron chi connectivity index (χ0n) is 15.9. The summed E-state index contributed by atoms with van der Waals surface area (Å²) in [6.07, 6.45) is 4.38. The third-order valence-electron chi connectivity index (χ3n) is 5.55. The second-order valence-corrected chi connectivity index (χ2v) is 7.52. The lowest BCUT2D eigenvalue weighted by Crippen LogP contribution is -2.42. The molecule has 1 fully saturated rings. The Morgan fingerprint density at radius 3 is 2.55 bits per heavy atom. The highest BCUT2D eigenvalue weighted by Crippen LogP contribution is 2.30. The topological polar surface area (TPSA) is 104 Å². The largest absolute Gasteiger partial charge is 0.480 e. The summed E-state index contributed by atoms with van der Waals surface area (Å²) in [5.74, 6) is -1.58. The van der Waals surface area contributed by atoms with Crippen LogP contribution in [0.25, 0.3) is 11.0 Å². The van der Waals surface area contributed by atoms with E-state index in [0.717, 1.165) is 36.8 Å². The number of rotatable bonds is 6. The first-order valence-electron chi connectivity index (χ1n) is 9.85. The van der Waals surface area contributed by atoms with Crippen LogP contribution < -0.4 is 11.0 Å². The third kappa shape index (κ3) is 3.94. The number of carbonyl (C=O) groups excluding carboxylic acids is 1. The number of nitrogens with one attached hydrogen (secondary N) is 2. The Bertz CT molecular complexity index is 1090. The molecule has 1 amide bonds. The van der Waals surface area contributed by atoms with Crippen molar-refractivity contribution in [1.29, 1.82) is 0 Å². The average Bonchev–Trinajstić information content (AvgIpc) is 3.34. The number of aromatic nitrogens is 2. The standard InChI is InChI=1S/C22H23N3O4/c26-20(23-18(21(27)28)12-14-6-2-1-3-7-14)15-10-11-19-17(13-15)24-22(29)25(19)16-8-4-5-9-16/h1-3,6-7,10-11,13,16,18H,4-5,8-9,12H2,(H,23,26)(H,24,29)(H,27,28)/t18-/m0/s1. The lowest BCUT2D eigenvalue weighted by molar-refractivity contribution is -0.139. The molecule has 1 saturated carbocycles. The number of benzene rings is 2. The van der Waals surface area contributed by atoms with Gasteiger partial charge in [0.15, 0.2) is 0 Å². The maximum Gasteiger partial charge on any atom is 0.326 e. The Morgan fingerprint density at radius 2 is 1.86 bits per heavy atom.